The molecule has 0 aliphatic heterocycles. The Kier molecular flexibility index (Phi) is 5.09. The predicted molar refractivity (Wildman–Crippen MR) is 98.9 cm³/mol. The van der Waals surface area contributed by atoms with Crippen LogP contribution in [0.1, 0.15) is 20.8 Å². The Morgan fingerprint density at radius 1 is 0.885 bits per heavy atom. The van der Waals surface area contributed by atoms with E-state index in [0.29, 0.717) is 10.6 Å². The van der Waals surface area contributed by atoms with E-state index in [1.807, 2.05) is 30.3 Å². The third-order valence-electron chi connectivity index (χ3n) is 3.96. The van der Waals surface area contributed by atoms with Gasteiger partial charge < -0.3 is 14.0 Å². The Labute approximate surface area is 155 Å². The summed E-state index contributed by atoms with van der Waals surface area (Å²) in [5.74, 6) is -1.25. The van der Waals surface area contributed by atoms with Crippen molar-refractivity contribution in [1.29, 1.82) is 0 Å². The number of carbonyl (C=O) groups excluding carboxylic acids is 2. The van der Waals surface area contributed by atoms with Crippen molar-refractivity contribution in [2.45, 2.75) is 0 Å². The fraction of sp³-hybridized carbons (Fsp3) is 0.100. The van der Waals surface area contributed by atoms with Crippen molar-refractivity contribution in [3.8, 4) is 16.8 Å². The van der Waals surface area contributed by atoms with Crippen molar-refractivity contribution in [3.05, 3.63) is 77.1 Å². The van der Waals surface area contributed by atoms with Gasteiger partial charge in [0.15, 0.2) is 0 Å². The summed E-state index contributed by atoms with van der Waals surface area (Å²) in [6, 6.07) is 16.2. The first-order valence-corrected chi connectivity index (χ1v) is 8.18. The summed E-state index contributed by atoms with van der Waals surface area (Å²) in [5.41, 5.74) is 2.26. The molecule has 0 radical (unpaired) electrons. The van der Waals surface area contributed by atoms with Gasteiger partial charge in [0, 0.05) is 22.5 Å². The molecule has 3 aromatic rings. The first-order chi connectivity index (χ1) is 12.6. The Bertz CT molecular complexity index is 946. The van der Waals surface area contributed by atoms with Crippen LogP contribution in [-0.2, 0) is 9.47 Å². The Hall–Kier alpha value is -3.05. The van der Waals surface area contributed by atoms with E-state index in [2.05, 4.69) is 0 Å². The number of esters is 2. The number of methoxy groups -OCH3 is 2. The number of carbonyl (C=O) groups is 2. The summed E-state index contributed by atoms with van der Waals surface area (Å²) < 4.78 is 11.5. The standard InChI is InChI=1S/C20H16ClNO4/c1-25-19(23)17-16(13-8-10-14(21)11-9-13)12-22(18(17)20(24)26-2)15-6-4-3-5-7-15/h3-12H,1-2H3. The lowest BCUT2D eigenvalue weighted by molar-refractivity contribution is 0.0550. The lowest BCUT2D eigenvalue weighted by Gasteiger charge is -2.09. The minimum absolute atomic E-state index is 0.107. The summed E-state index contributed by atoms with van der Waals surface area (Å²) in [6.45, 7) is 0. The maximum Gasteiger partial charge on any atom is 0.355 e. The Morgan fingerprint density at radius 2 is 1.50 bits per heavy atom. The highest BCUT2D eigenvalue weighted by atomic mass is 35.5. The van der Waals surface area contributed by atoms with Crippen LogP contribution in [0.15, 0.2) is 60.8 Å². The molecule has 3 rings (SSSR count). The number of hydrogen-bond donors (Lipinski definition) is 0. The van der Waals surface area contributed by atoms with Gasteiger partial charge in [-0.1, -0.05) is 41.9 Å². The number of rotatable bonds is 4. The number of para-hydroxylation sites is 1. The number of halogens is 1. The first kappa shape index (κ1) is 17.8. The summed E-state index contributed by atoms with van der Waals surface area (Å²) in [4.78, 5) is 25.0. The van der Waals surface area contributed by atoms with Crippen LogP contribution >= 0.6 is 11.6 Å². The molecule has 0 unspecified atom stereocenters. The van der Waals surface area contributed by atoms with Crippen LogP contribution in [0.5, 0.6) is 0 Å². The van der Waals surface area contributed by atoms with E-state index in [1.54, 1.807) is 35.0 Å². The highest BCUT2D eigenvalue weighted by molar-refractivity contribution is 6.30. The van der Waals surface area contributed by atoms with Crippen molar-refractivity contribution in [3.63, 3.8) is 0 Å². The van der Waals surface area contributed by atoms with Gasteiger partial charge >= 0.3 is 11.9 Å². The van der Waals surface area contributed by atoms with Gasteiger partial charge in [-0.05, 0) is 29.8 Å². The molecule has 0 spiro atoms. The average molecular weight is 370 g/mol. The summed E-state index contributed by atoms with van der Waals surface area (Å²) in [5, 5.41) is 0.573. The molecule has 132 valence electrons. The van der Waals surface area contributed by atoms with E-state index in [4.69, 9.17) is 21.1 Å². The highest BCUT2D eigenvalue weighted by Crippen LogP contribution is 2.32. The Balaban J connectivity index is 2.33. The minimum Gasteiger partial charge on any atom is -0.465 e. The van der Waals surface area contributed by atoms with Crippen LogP contribution in [-0.4, -0.2) is 30.7 Å². The molecule has 0 saturated carbocycles. The number of nitrogens with zero attached hydrogens (tertiary/aromatic N) is 1. The predicted octanol–water partition coefficient (Wildman–Crippen LogP) is 4.37. The summed E-state index contributed by atoms with van der Waals surface area (Å²) in [6.07, 6.45) is 1.72. The molecule has 0 amide bonds. The molecule has 5 nitrogen and oxygen atoms in total. The zero-order chi connectivity index (χ0) is 18.7. The highest BCUT2D eigenvalue weighted by Gasteiger charge is 2.29. The quantitative estimate of drug-likeness (QED) is 0.641. The van der Waals surface area contributed by atoms with Gasteiger partial charge in [0.25, 0.3) is 0 Å². The summed E-state index contributed by atoms with van der Waals surface area (Å²) in [7, 11) is 2.54. The lowest BCUT2D eigenvalue weighted by atomic mass is 10.0. The molecule has 0 aliphatic carbocycles. The van der Waals surface area contributed by atoms with Crippen molar-refractivity contribution in [2.24, 2.45) is 0 Å². The molecule has 1 aromatic heterocycles. The average Bonchev–Trinajstić information content (AvgIpc) is 3.08. The number of hydrogen-bond acceptors (Lipinski definition) is 4. The summed E-state index contributed by atoms with van der Waals surface area (Å²) >= 11 is 5.96. The van der Waals surface area contributed by atoms with Gasteiger partial charge in [-0.15, -0.1) is 0 Å². The molecular formula is C20H16ClNO4. The Morgan fingerprint density at radius 3 is 2.08 bits per heavy atom. The van der Waals surface area contributed by atoms with Crippen LogP contribution < -0.4 is 0 Å². The van der Waals surface area contributed by atoms with Crippen molar-refractivity contribution < 1.29 is 19.1 Å². The zero-order valence-corrected chi connectivity index (χ0v) is 15.0. The monoisotopic (exact) mass is 369 g/mol. The molecule has 0 saturated heterocycles. The molecule has 6 heteroatoms. The molecule has 0 aliphatic rings. The smallest absolute Gasteiger partial charge is 0.355 e. The second kappa shape index (κ2) is 7.45. The van der Waals surface area contributed by atoms with Crippen LogP contribution in [0.25, 0.3) is 16.8 Å². The number of aromatic nitrogens is 1. The fourth-order valence-electron chi connectivity index (χ4n) is 2.75. The van der Waals surface area contributed by atoms with Gasteiger partial charge in [0.2, 0.25) is 0 Å². The zero-order valence-electron chi connectivity index (χ0n) is 14.2. The number of ether oxygens (including phenoxy) is 2. The van der Waals surface area contributed by atoms with E-state index in [0.717, 1.165) is 11.3 Å². The van der Waals surface area contributed by atoms with Gasteiger partial charge in [-0.3, -0.25) is 0 Å². The van der Waals surface area contributed by atoms with Crippen LogP contribution in [0, 0.1) is 0 Å². The van der Waals surface area contributed by atoms with E-state index >= 15 is 0 Å². The van der Waals surface area contributed by atoms with Gasteiger partial charge in [0.05, 0.1) is 14.2 Å². The molecule has 0 N–H and O–H groups in total. The molecule has 26 heavy (non-hydrogen) atoms. The second-order valence-corrected chi connectivity index (χ2v) is 5.90. The third-order valence-corrected chi connectivity index (χ3v) is 4.22. The van der Waals surface area contributed by atoms with Crippen molar-refractivity contribution in [1.82, 2.24) is 4.57 Å². The van der Waals surface area contributed by atoms with Crippen LogP contribution in [0.2, 0.25) is 5.02 Å². The van der Waals surface area contributed by atoms with Crippen molar-refractivity contribution in [2.75, 3.05) is 14.2 Å². The maximum absolute atomic E-state index is 12.5. The topological polar surface area (TPSA) is 57.5 Å². The van der Waals surface area contributed by atoms with Crippen LogP contribution in [0.4, 0.5) is 0 Å². The second-order valence-electron chi connectivity index (χ2n) is 5.46. The van der Waals surface area contributed by atoms with Gasteiger partial charge in [-0.25, -0.2) is 9.59 Å². The SMILES string of the molecule is COC(=O)c1c(-c2ccc(Cl)cc2)cn(-c2ccccc2)c1C(=O)OC. The lowest BCUT2D eigenvalue weighted by Crippen LogP contribution is -2.15. The van der Waals surface area contributed by atoms with E-state index in [9.17, 15) is 9.59 Å². The van der Waals surface area contributed by atoms with E-state index in [1.165, 1.54) is 14.2 Å². The molecule has 0 bridgehead atoms. The van der Waals surface area contributed by atoms with Crippen molar-refractivity contribution >= 4 is 23.5 Å². The third kappa shape index (κ3) is 3.21. The normalized spacial score (nSPS) is 10.4. The molecular weight excluding hydrogens is 354 g/mol. The number of benzene rings is 2. The largest absolute Gasteiger partial charge is 0.465 e. The van der Waals surface area contributed by atoms with Gasteiger partial charge in [-0.2, -0.15) is 0 Å². The molecule has 1 heterocycles. The van der Waals surface area contributed by atoms with Crippen LogP contribution in [0.3, 0.4) is 0 Å². The van der Waals surface area contributed by atoms with E-state index in [-0.39, 0.29) is 11.3 Å². The van der Waals surface area contributed by atoms with Gasteiger partial charge in [0.1, 0.15) is 11.3 Å². The van der Waals surface area contributed by atoms with E-state index < -0.39 is 11.9 Å². The minimum atomic E-state index is -0.630. The first-order valence-electron chi connectivity index (χ1n) is 7.80. The molecule has 0 fully saturated rings. The molecule has 0 atom stereocenters. The molecule has 2 aromatic carbocycles. The fourth-order valence-corrected chi connectivity index (χ4v) is 2.88. The maximum atomic E-state index is 12.5.